The topological polar surface area (TPSA) is 83.8 Å². The summed E-state index contributed by atoms with van der Waals surface area (Å²) in [5, 5.41) is 2.81. The lowest BCUT2D eigenvalue weighted by atomic mass is 9.96. The number of fused-ring (bicyclic) bond motifs is 1. The molecule has 1 atom stereocenters. The van der Waals surface area contributed by atoms with E-state index in [0.717, 1.165) is 6.42 Å². The van der Waals surface area contributed by atoms with Crippen LogP contribution in [-0.2, 0) is 11.2 Å². The Kier molecular flexibility index (Phi) is 4.57. The molecule has 114 valence electrons. The third kappa shape index (κ3) is 3.78. The highest BCUT2D eigenvalue weighted by atomic mass is 19.1. The van der Waals surface area contributed by atoms with Crippen molar-refractivity contribution >= 4 is 16.9 Å². The molecule has 0 radical (unpaired) electrons. The summed E-state index contributed by atoms with van der Waals surface area (Å²) in [6.45, 7) is 4.17. The van der Waals surface area contributed by atoms with Crippen LogP contribution in [0.3, 0.4) is 0 Å². The van der Waals surface area contributed by atoms with Gasteiger partial charge in [0.05, 0.1) is 16.6 Å². The molecule has 0 fully saturated rings. The molecule has 5 nitrogen and oxygen atoms in total. The van der Waals surface area contributed by atoms with Crippen molar-refractivity contribution in [2.45, 2.75) is 38.6 Å². The first-order valence-corrected chi connectivity index (χ1v) is 7.13. The predicted octanol–water partition coefficient (Wildman–Crippen LogP) is 1.88. The summed E-state index contributed by atoms with van der Waals surface area (Å²) in [5.41, 5.74) is 6.48. The quantitative estimate of drug-likeness (QED) is 0.760. The maximum Gasteiger partial charge on any atom is 0.239 e. The molecule has 6 heteroatoms. The molecule has 0 spiro atoms. The van der Waals surface area contributed by atoms with E-state index in [1.165, 1.54) is 12.1 Å². The number of imidazole rings is 1. The number of nitrogens with zero attached hydrogens (tertiary/aromatic N) is 1. The van der Waals surface area contributed by atoms with Crippen molar-refractivity contribution in [2.75, 3.05) is 6.54 Å². The van der Waals surface area contributed by atoms with Crippen molar-refractivity contribution in [3.8, 4) is 0 Å². The Morgan fingerprint density at radius 3 is 3.00 bits per heavy atom. The Morgan fingerprint density at radius 1 is 1.52 bits per heavy atom. The fraction of sp³-hybridized carbons (Fsp3) is 0.467. The molecule has 2 rings (SSSR count). The highest BCUT2D eigenvalue weighted by Gasteiger charge is 2.26. The number of benzene rings is 1. The van der Waals surface area contributed by atoms with Gasteiger partial charge in [-0.25, -0.2) is 9.37 Å². The van der Waals surface area contributed by atoms with Gasteiger partial charge < -0.3 is 16.0 Å². The van der Waals surface area contributed by atoms with Gasteiger partial charge in [0.1, 0.15) is 11.6 Å². The molecule has 0 aliphatic rings. The second-order valence-corrected chi connectivity index (χ2v) is 5.52. The van der Waals surface area contributed by atoms with Crippen molar-refractivity contribution in [1.82, 2.24) is 15.3 Å². The van der Waals surface area contributed by atoms with Gasteiger partial charge in [0.25, 0.3) is 0 Å². The van der Waals surface area contributed by atoms with E-state index in [9.17, 15) is 9.18 Å². The first kappa shape index (κ1) is 15.4. The summed E-state index contributed by atoms with van der Waals surface area (Å²) < 4.78 is 13.1. The van der Waals surface area contributed by atoms with Crippen LogP contribution < -0.4 is 11.1 Å². The van der Waals surface area contributed by atoms with Crippen LogP contribution in [-0.4, -0.2) is 28.0 Å². The van der Waals surface area contributed by atoms with Crippen LogP contribution in [0.2, 0.25) is 0 Å². The zero-order valence-corrected chi connectivity index (χ0v) is 12.4. The van der Waals surface area contributed by atoms with E-state index < -0.39 is 5.54 Å². The van der Waals surface area contributed by atoms with Crippen LogP contribution in [0.5, 0.6) is 0 Å². The molecule has 1 unspecified atom stereocenters. The van der Waals surface area contributed by atoms with Crippen LogP contribution in [0.4, 0.5) is 4.39 Å². The van der Waals surface area contributed by atoms with E-state index in [1.807, 2.05) is 6.92 Å². The van der Waals surface area contributed by atoms with Gasteiger partial charge in [-0.15, -0.1) is 0 Å². The largest absolute Gasteiger partial charge is 0.354 e. The maximum absolute atomic E-state index is 13.1. The molecular formula is C15H21FN4O. The van der Waals surface area contributed by atoms with Crippen molar-refractivity contribution in [3.05, 3.63) is 29.8 Å². The van der Waals surface area contributed by atoms with E-state index in [0.29, 0.717) is 36.2 Å². The van der Waals surface area contributed by atoms with Gasteiger partial charge in [0.15, 0.2) is 0 Å². The van der Waals surface area contributed by atoms with Gasteiger partial charge in [0.2, 0.25) is 5.91 Å². The molecule has 1 amide bonds. The Hall–Kier alpha value is -1.95. The van der Waals surface area contributed by atoms with Crippen LogP contribution in [0.25, 0.3) is 11.0 Å². The van der Waals surface area contributed by atoms with Gasteiger partial charge in [-0.05, 0) is 31.5 Å². The van der Waals surface area contributed by atoms with E-state index in [4.69, 9.17) is 5.73 Å². The standard InChI is InChI=1S/C15H21FN4O/c1-3-7-15(2,17)14(21)18-8-6-13-19-11-5-4-10(16)9-12(11)20-13/h4-5,9H,3,6-8,17H2,1-2H3,(H,18,21)(H,19,20). The van der Waals surface area contributed by atoms with Gasteiger partial charge in [-0.3, -0.25) is 4.79 Å². The van der Waals surface area contributed by atoms with E-state index in [-0.39, 0.29) is 11.7 Å². The van der Waals surface area contributed by atoms with Crippen molar-refractivity contribution < 1.29 is 9.18 Å². The van der Waals surface area contributed by atoms with E-state index >= 15 is 0 Å². The fourth-order valence-corrected chi connectivity index (χ4v) is 2.28. The molecule has 1 heterocycles. The van der Waals surface area contributed by atoms with Gasteiger partial charge in [0, 0.05) is 13.0 Å². The molecule has 2 aromatic rings. The number of aromatic amines is 1. The number of halogens is 1. The summed E-state index contributed by atoms with van der Waals surface area (Å²) in [6.07, 6.45) is 2.04. The molecule has 0 aliphatic heterocycles. The Balaban J connectivity index is 1.92. The van der Waals surface area contributed by atoms with E-state index in [2.05, 4.69) is 15.3 Å². The molecule has 21 heavy (non-hydrogen) atoms. The lowest BCUT2D eigenvalue weighted by Gasteiger charge is -2.22. The molecule has 0 bridgehead atoms. The average Bonchev–Trinajstić information content (AvgIpc) is 2.80. The van der Waals surface area contributed by atoms with Crippen LogP contribution in [0.1, 0.15) is 32.5 Å². The fourth-order valence-electron chi connectivity index (χ4n) is 2.28. The SMILES string of the molecule is CCCC(C)(N)C(=O)NCCc1nc2ccc(F)cc2[nH]1. The normalized spacial score (nSPS) is 14.1. The number of nitrogens with one attached hydrogen (secondary N) is 2. The van der Waals surface area contributed by atoms with Crippen LogP contribution in [0.15, 0.2) is 18.2 Å². The number of H-pyrrole nitrogens is 1. The molecule has 4 N–H and O–H groups in total. The predicted molar refractivity (Wildman–Crippen MR) is 80.3 cm³/mol. The smallest absolute Gasteiger partial charge is 0.239 e. The highest BCUT2D eigenvalue weighted by Crippen LogP contribution is 2.13. The number of carbonyl (C=O) groups excluding carboxylic acids is 1. The highest BCUT2D eigenvalue weighted by molar-refractivity contribution is 5.85. The minimum Gasteiger partial charge on any atom is -0.354 e. The maximum atomic E-state index is 13.1. The second-order valence-electron chi connectivity index (χ2n) is 5.52. The number of hydrogen-bond donors (Lipinski definition) is 3. The number of hydrogen-bond acceptors (Lipinski definition) is 3. The number of rotatable bonds is 6. The molecular weight excluding hydrogens is 271 g/mol. The average molecular weight is 292 g/mol. The number of aromatic nitrogens is 2. The summed E-state index contributed by atoms with van der Waals surface area (Å²) in [7, 11) is 0. The lowest BCUT2D eigenvalue weighted by Crippen LogP contribution is -2.51. The van der Waals surface area contributed by atoms with Crippen LogP contribution in [0, 0.1) is 5.82 Å². The number of carbonyl (C=O) groups is 1. The van der Waals surface area contributed by atoms with Crippen molar-refractivity contribution in [2.24, 2.45) is 5.73 Å². The van der Waals surface area contributed by atoms with Crippen molar-refractivity contribution in [1.29, 1.82) is 0 Å². The van der Waals surface area contributed by atoms with Crippen LogP contribution >= 0.6 is 0 Å². The molecule has 0 aliphatic carbocycles. The Bertz CT molecular complexity index is 636. The number of amides is 1. The van der Waals surface area contributed by atoms with Gasteiger partial charge in [-0.1, -0.05) is 13.3 Å². The van der Waals surface area contributed by atoms with Gasteiger partial charge >= 0.3 is 0 Å². The molecule has 1 aromatic carbocycles. The molecule has 1 aromatic heterocycles. The Labute approximate surface area is 123 Å². The lowest BCUT2D eigenvalue weighted by molar-refractivity contribution is -0.126. The summed E-state index contributed by atoms with van der Waals surface area (Å²) >= 11 is 0. The molecule has 0 saturated heterocycles. The second kappa shape index (κ2) is 6.22. The zero-order chi connectivity index (χ0) is 15.5. The minimum atomic E-state index is -0.842. The van der Waals surface area contributed by atoms with Crippen molar-refractivity contribution in [3.63, 3.8) is 0 Å². The number of nitrogens with two attached hydrogens (primary N) is 1. The summed E-state index contributed by atoms with van der Waals surface area (Å²) in [4.78, 5) is 19.3. The monoisotopic (exact) mass is 292 g/mol. The first-order valence-electron chi connectivity index (χ1n) is 7.13. The summed E-state index contributed by atoms with van der Waals surface area (Å²) in [6, 6.07) is 4.41. The van der Waals surface area contributed by atoms with Gasteiger partial charge in [-0.2, -0.15) is 0 Å². The Morgan fingerprint density at radius 2 is 2.29 bits per heavy atom. The minimum absolute atomic E-state index is 0.161. The third-order valence-electron chi connectivity index (χ3n) is 3.43. The third-order valence-corrected chi connectivity index (χ3v) is 3.43. The first-order chi connectivity index (χ1) is 9.92. The zero-order valence-electron chi connectivity index (χ0n) is 12.4. The van der Waals surface area contributed by atoms with E-state index in [1.54, 1.807) is 13.0 Å². The summed E-state index contributed by atoms with van der Waals surface area (Å²) in [5.74, 6) is 0.251. The molecule has 0 saturated carbocycles.